The molecule has 0 radical (unpaired) electrons. The highest BCUT2D eigenvalue weighted by Crippen LogP contribution is 2.26. The third-order valence-electron chi connectivity index (χ3n) is 2.92. The minimum Gasteiger partial charge on any atom is -0.453 e. The molecule has 4 nitrogen and oxygen atoms in total. The Morgan fingerprint density at radius 3 is 2.52 bits per heavy atom. The zero-order valence-corrected chi connectivity index (χ0v) is 13.8. The van der Waals surface area contributed by atoms with Crippen LogP contribution in [0.1, 0.15) is 45.2 Å². The first-order valence-electron chi connectivity index (χ1n) is 6.80. The smallest absolute Gasteiger partial charge is 0.306 e. The first-order chi connectivity index (χ1) is 9.85. The van der Waals surface area contributed by atoms with E-state index < -0.39 is 6.10 Å². The Balaban J connectivity index is 2.63. The summed E-state index contributed by atoms with van der Waals surface area (Å²) in [6, 6.07) is 4.76. The lowest BCUT2D eigenvalue weighted by Gasteiger charge is -2.19. The number of rotatable bonds is 6. The Kier molecular flexibility index (Phi) is 6.99. The zero-order valence-electron chi connectivity index (χ0n) is 12.3. The Labute approximate surface area is 134 Å². The second kappa shape index (κ2) is 8.25. The van der Waals surface area contributed by atoms with Crippen LogP contribution in [0, 0.1) is 0 Å². The fraction of sp³-hybridized carbons (Fsp3) is 0.467. The van der Waals surface area contributed by atoms with E-state index in [9.17, 15) is 9.59 Å². The molecule has 2 atom stereocenters. The first-order valence-corrected chi connectivity index (χ1v) is 7.55. The van der Waals surface area contributed by atoms with Crippen molar-refractivity contribution in [1.82, 2.24) is 5.32 Å². The molecular weight excluding hydrogens is 313 g/mol. The van der Waals surface area contributed by atoms with Crippen LogP contribution in [0.5, 0.6) is 0 Å². The molecule has 0 fully saturated rings. The molecule has 0 aliphatic rings. The van der Waals surface area contributed by atoms with Gasteiger partial charge in [0.1, 0.15) is 0 Å². The minimum absolute atomic E-state index is 0.302. The van der Waals surface area contributed by atoms with Crippen molar-refractivity contribution in [3.05, 3.63) is 33.8 Å². The lowest BCUT2D eigenvalue weighted by atomic mass is 10.1. The summed E-state index contributed by atoms with van der Waals surface area (Å²) in [4.78, 5) is 23.4. The molecule has 21 heavy (non-hydrogen) atoms. The summed E-state index contributed by atoms with van der Waals surface area (Å²) < 4.78 is 5.03. The Morgan fingerprint density at radius 1 is 1.29 bits per heavy atom. The van der Waals surface area contributed by atoms with Crippen LogP contribution in [0.15, 0.2) is 18.2 Å². The third kappa shape index (κ3) is 5.56. The van der Waals surface area contributed by atoms with Gasteiger partial charge in [-0.2, -0.15) is 0 Å². The van der Waals surface area contributed by atoms with Gasteiger partial charge in [-0.25, -0.2) is 0 Å². The maximum Gasteiger partial charge on any atom is 0.306 e. The number of carbonyl (C=O) groups excluding carboxylic acids is 2. The van der Waals surface area contributed by atoms with E-state index in [0.29, 0.717) is 22.9 Å². The molecule has 0 bridgehead atoms. The number of benzene rings is 1. The van der Waals surface area contributed by atoms with Crippen molar-refractivity contribution in [2.45, 2.75) is 45.8 Å². The molecular formula is C15H19Cl2NO3. The van der Waals surface area contributed by atoms with Crippen molar-refractivity contribution in [3.63, 3.8) is 0 Å². The van der Waals surface area contributed by atoms with Gasteiger partial charge in [-0.15, -0.1) is 0 Å². The van der Waals surface area contributed by atoms with Crippen LogP contribution < -0.4 is 5.32 Å². The second-order valence-electron chi connectivity index (χ2n) is 4.78. The van der Waals surface area contributed by atoms with E-state index >= 15 is 0 Å². The summed E-state index contributed by atoms with van der Waals surface area (Å²) in [5.41, 5.74) is 0.751. The van der Waals surface area contributed by atoms with Crippen molar-refractivity contribution in [2.75, 3.05) is 0 Å². The van der Waals surface area contributed by atoms with Crippen molar-refractivity contribution in [3.8, 4) is 0 Å². The molecule has 116 valence electrons. The standard InChI is InChI=1S/C15H19Cl2NO3/c1-4-5-14(19)21-10(3)15(20)18-9(2)12-7-6-11(16)8-13(12)17/h6-10H,4-5H2,1-3H3,(H,18,20)/t9-,10+/m0/s1. The van der Waals surface area contributed by atoms with Gasteiger partial charge >= 0.3 is 5.97 Å². The summed E-state index contributed by atoms with van der Waals surface area (Å²) in [5, 5.41) is 3.77. The van der Waals surface area contributed by atoms with Gasteiger partial charge in [-0.3, -0.25) is 9.59 Å². The van der Waals surface area contributed by atoms with Crippen LogP contribution in [0.4, 0.5) is 0 Å². The van der Waals surface area contributed by atoms with Gasteiger partial charge < -0.3 is 10.1 Å². The molecule has 0 spiro atoms. The van der Waals surface area contributed by atoms with Crippen LogP contribution >= 0.6 is 23.2 Å². The molecule has 1 aromatic carbocycles. The minimum atomic E-state index is -0.836. The quantitative estimate of drug-likeness (QED) is 0.804. The lowest BCUT2D eigenvalue weighted by molar-refractivity contribution is -0.155. The number of halogens is 2. The van der Waals surface area contributed by atoms with Crippen molar-refractivity contribution < 1.29 is 14.3 Å². The molecule has 0 saturated heterocycles. The third-order valence-corrected chi connectivity index (χ3v) is 3.48. The monoisotopic (exact) mass is 331 g/mol. The fourth-order valence-corrected chi connectivity index (χ4v) is 2.35. The summed E-state index contributed by atoms with van der Waals surface area (Å²) in [5.74, 6) is -0.740. The predicted octanol–water partition coefficient (Wildman–Crippen LogP) is 3.90. The van der Waals surface area contributed by atoms with E-state index in [0.717, 1.165) is 5.56 Å². The SMILES string of the molecule is CCCC(=O)O[C@H](C)C(=O)N[C@@H](C)c1ccc(Cl)cc1Cl. The summed E-state index contributed by atoms with van der Waals surface area (Å²) in [7, 11) is 0. The number of ether oxygens (including phenoxy) is 1. The van der Waals surface area contributed by atoms with E-state index in [2.05, 4.69) is 5.32 Å². The van der Waals surface area contributed by atoms with Gasteiger partial charge in [0, 0.05) is 16.5 Å². The average Bonchev–Trinajstić information content (AvgIpc) is 2.38. The van der Waals surface area contributed by atoms with Crippen LogP contribution in [0.3, 0.4) is 0 Å². The van der Waals surface area contributed by atoms with Gasteiger partial charge in [0.2, 0.25) is 0 Å². The van der Waals surface area contributed by atoms with Gasteiger partial charge in [-0.05, 0) is 38.0 Å². The summed E-state index contributed by atoms with van der Waals surface area (Å²) in [6.07, 6.45) is 0.151. The maximum absolute atomic E-state index is 12.0. The first kappa shape index (κ1) is 17.8. The topological polar surface area (TPSA) is 55.4 Å². The lowest BCUT2D eigenvalue weighted by Crippen LogP contribution is -2.37. The molecule has 0 unspecified atom stereocenters. The number of nitrogens with one attached hydrogen (secondary N) is 1. The second-order valence-corrected chi connectivity index (χ2v) is 5.62. The molecule has 0 heterocycles. The van der Waals surface area contributed by atoms with Crippen LogP contribution in [0.2, 0.25) is 10.0 Å². The molecule has 1 aromatic rings. The molecule has 0 aliphatic carbocycles. The van der Waals surface area contributed by atoms with Crippen LogP contribution in [0.25, 0.3) is 0 Å². The number of hydrogen-bond donors (Lipinski definition) is 1. The van der Waals surface area contributed by atoms with E-state index in [-0.39, 0.29) is 17.9 Å². The zero-order chi connectivity index (χ0) is 16.0. The van der Waals surface area contributed by atoms with Crippen LogP contribution in [-0.2, 0) is 14.3 Å². The summed E-state index contributed by atoms with van der Waals surface area (Å²) in [6.45, 7) is 5.21. The largest absolute Gasteiger partial charge is 0.453 e. The molecule has 1 amide bonds. The normalized spacial score (nSPS) is 13.4. The molecule has 0 aliphatic heterocycles. The van der Waals surface area contributed by atoms with Crippen molar-refractivity contribution in [2.24, 2.45) is 0 Å². The van der Waals surface area contributed by atoms with E-state index in [4.69, 9.17) is 27.9 Å². The Morgan fingerprint density at radius 2 is 1.95 bits per heavy atom. The van der Waals surface area contributed by atoms with Gasteiger partial charge in [0.25, 0.3) is 5.91 Å². The predicted molar refractivity (Wildman–Crippen MR) is 83.5 cm³/mol. The molecule has 6 heteroatoms. The van der Waals surface area contributed by atoms with Crippen molar-refractivity contribution >= 4 is 35.1 Å². The highest BCUT2D eigenvalue weighted by Gasteiger charge is 2.20. The van der Waals surface area contributed by atoms with E-state index in [1.54, 1.807) is 32.0 Å². The number of amides is 1. The molecule has 0 saturated carbocycles. The number of hydrogen-bond acceptors (Lipinski definition) is 3. The molecule has 1 N–H and O–H groups in total. The molecule has 1 rings (SSSR count). The van der Waals surface area contributed by atoms with Gasteiger partial charge in [-0.1, -0.05) is 36.2 Å². The van der Waals surface area contributed by atoms with Gasteiger partial charge in [0.15, 0.2) is 6.10 Å². The van der Waals surface area contributed by atoms with Crippen molar-refractivity contribution in [1.29, 1.82) is 0 Å². The highest BCUT2D eigenvalue weighted by atomic mass is 35.5. The Hall–Kier alpha value is -1.26. The Bertz CT molecular complexity index is 520. The number of carbonyl (C=O) groups is 2. The van der Waals surface area contributed by atoms with Gasteiger partial charge in [0.05, 0.1) is 6.04 Å². The average molecular weight is 332 g/mol. The van der Waals surface area contributed by atoms with Crippen LogP contribution in [-0.4, -0.2) is 18.0 Å². The van der Waals surface area contributed by atoms with E-state index in [1.165, 1.54) is 0 Å². The van der Waals surface area contributed by atoms with E-state index in [1.807, 2.05) is 6.92 Å². The maximum atomic E-state index is 12.0. The summed E-state index contributed by atoms with van der Waals surface area (Å²) >= 11 is 11.9. The highest BCUT2D eigenvalue weighted by molar-refractivity contribution is 6.35. The molecule has 0 aromatic heterocycles. The fourth-order valence-electron chi connectivity index (χ4n) is 1.77. The number of esters is 1.